The molecule has 1 fully saturated rings. The van der Waals surface area contributed by atoms with Gasteiger partial charge in [-0.15, -0.1) is 0 Å². The lowest BCUT2D eigenvalue weighted by atomic mass is 10.2. The van der Waals surface area contributed by atoms with E-state index in [9.17, 15) is 4.79 Å². The normalized spacial score (nSPS) is 16.4. The van der Waals surface area contributed by atoms with E-state index in [1.54, 1.807) is 12.3 Å². The van der Waals surface area contributed by atoms with Crippen molar-refractivity contribution in [2.45, 2.75) is 38.6 Å². The van der Waals surface area contributed by atoms with Gasteiger partial charge >= 0.3 is 0 Å². The zero-order valence-electron chi connectivity index (χ0n) is 10.4. The Bertz CT molecular complexity index is 396. The van der Waals surface area contributed by atoms with Crippen molar-refractivity contribution in [1.82, 2.24) is 10.3 Å². The number of nitrogens with one attached hydrogen (secondary N) is 2. The van der Waals surface area contributed by atoms with Crippen molar-refractivity contribution in [1.29, 1.82) is 0 Å². The van der Waals surface area contributed by atoms with Crippen molar-refractivity contribution in [3.05, 3.63) is 24.0 Å². The molecule has 2 rings (SSSR count). The van der Waals surface area contributed by atoms with Gasteiger partial charge in [0.1, 0.15) is 5.69 Å². The first-order valence-corrected chi connectivity index (χ1v) is 6.15. The van der Waals surface area contributed by atoms with Gasteiger partial charge in [-0.1, -0.05) is 6.92 Å². The Hall–Kier alpha value is -1.58. The largest absolute Gasteiger partial charge is 0.384 e. The quantitative estimate of drug-likeness (QED) is 0.819. The maximum absolute atomic E-state index is 11.8. The molecule has 2 N–H and O–H groups in total. The van der Waals surface area contributed by atoms with Crippen molar-refractivity contribution >= 4 is 11.6 Å². The molecule has 1 amide bonds. The summed E-state index contributed by atoms with van der Waals surface area (Å²) in [6, 6.07) is 3.66. The highest BCUT2D eigenvalue weighted by Gasteiger charge is 2.38. The number of carbonyl (C=O) groups is 1. The van der Waals surface area contributed by atoms with E-state index in [2.05, 4.69) is 29.5 Å². The number of rotatable bonds is 5. The third-order valence-corrected chi connectivity index (χ3v) is 2.99. The van der Waals surface area contributed by atoms with E-state index in [1.165, 1.54) is 0 Å². The number of pyridine rings is 1. The van der Waals surface area contributed by atoms with Crippen LogP contribution in [0, 0.1) is 0 Å². The van der Waals surface area contributed by atoms with Gasteiger partial charge in [0, 0.05) is 12.1 Å². The molecule has 4 heteroatoms. The molecule has 0 atom stereocenters. The Labute approximate surface area is 102 Å². The minimum Gasteiger partial charge on any atom is -0.384 e. The highest BCUT2D eigenvalue weighted by atomic mass is 16.2. The van der Waals surface area contributed by atoms with Crippen LogP contribution in [-0.2, 0) is 0 Å². The lowest BCUT2D eigenvalue weighted by Gasteiger charge is -2.11. The summed E-state index contributed by atoms with van der Waals surface area (Å²) in [7, 11) is 0. The average Bonchev–Trinajstić information content (AvgIpc) is 3.04. The molecule has 0 spiro atoms. The lowest BCUT2D eigenvalue weighted by molar-refractivity contribution is 0.0930. The van der Waals surface area contributed by atoms with Gasteiger partial charge in [-0.2, -0.15) is 0 Å². The van der Waals surface area contributed by atoms with Gasteiger partial charge in [0.25, 0.3) is 5.91 Å². The summed E-state index contributed by atoms with van der Waals surface area (Å²) in [6.45, 7) is 5.09. The van der Waals surface area contributed by atoms with Crippen LogP contribution >= 0.6 is 0 Å². The molecule has 1 aromatic heterocycles. The van der Waals surface area contributed by atoms with Crippen molar-refractivity contribution in [2.24, 2.45) is 0 Å². The highest BCUT2D eigenvalue weighted by molar-refractivity contribution is 5.93. The van der Waals surface area contributed by atoms with Gasteiger partial charge in [-0.3, -0.25) is 4.79 Å². The fourth-order valence-corrected chi connectivity index (χ4v) is 1.55. The number of hydrogen-bond donors (Lipinski definition) is 2. The molecular weight excluding hydrogens is 214 g/mol. The topological polar surface area (TPSA) is 54.0 Å². The summed E-state index contributed by atoms with van der Waals surface area (Å²) in [6.07, 6.45) is 4.91. The molecule has 1 aliphatic carbocycles. The molecule has 1 saturated carbocycles. The third kappa shape index (κ3) is 3.19. The summed E-state index contributed by atoms with van der Waals surface area (Å²) in [5.41, 5.74) is 1.46. The standard InChI is InChI=1S/C13H19N3O/c1-3-8-14-10-4-5-11(15-9-10)12(17)16-13(2)6-7-13/h4-5,9,14H,3,6-8H2,1-2H3,(H,16,17). The monoisotopic (exact) mass is 233 g/mol. The smallest absolute Gasteiger partial charge is 0.270 e. The number of hydrogen-bond acceptors (Lipinski definition) is 3. The Kier molecular flexibility index (Phi) is 3.31. The SMILES string of the molecule is CCCNc1ccc(C(=O)NC2(C)CC2)nc1. The number of aromatic nitrogens is 1. The molecule has 0 aromatic carbocycles. The van der Waals surface area contributed by atoms with Gasteiger partial charge in [0.05, 0.1) is 11.9 Å². The van der Waals surface area contributed by atoms with Gasteiger partial charge < -0.3 is 10.6 Å². The summed E-state index contributed by atoms with van der Waals surface area (Å²) in [5.74, 6) is -0.0768. The molecule has 4 nitrogen and oxygen atoms in total. The van der Waals surface area contributed by atoms with Gasteiger partial charge in [0.2, 0.25) is 0 Å². The first kappa shape index (κ1) is 11.9. The van der Waals surface area contributed by atoms with Gasteiger partial charge in [0.15, 0.2) is 0 Å². The van der Waals surface area contributed by atoms with Crippen LogP contribution in [0.15, 0.2) is 18.3 Å². The average molecular weight is 233 g/mol. The van der Waals surface area contributed by atoms with Crippen LogP contribution in [0.3, 0.4) is 0 Å². The van der Waals surface area contributed by atoms with E-state index < -0.39 is 0 Å². The molecule has 92 valence electrons. The number of nitrogens with zero attached hydrogens (tertiary/aromatic N) is 1. The predicted molar refractivity (Wildman–Crippen MR) is 68.1 cm³/mol. The van der Waals surface area contributed by atoms with Crippen LogP contribution < -0.4 is 10.6 Å². The Morgan fingerprint density at radius 1 is 1.47 bits per heavy atom. The van der Waals surface area contributed by atoms with Crippen molar-refractivity contribution < 1.29 is 4.79 Å². The molecule has 17 heavy (non-hydrogen) atoms. The minimum absolute atomic E-state index is 0.0118. The molecule has 0 aliphatic heterocycles. The first-order valence-electron chi connectivity index (χ1n) is 6.15. The number of anilines is 1. The minimum atomic E-state index is -0.0768. The van der Waals surface area contributed by atoms with E-state index >= 15 is 0 Å². The number of carbonyl (C=O) groups excluding carboxylic acids is 1. The molecule has 0 saturated heterocycles. The molecule has 1 aromatic rings. The van der Waals surface area contributed by atoms with Crippen molar-refractivity contribution in [2.75, 3.05) is 11.9 Å². The van der Waals surface area contributed by atoms with E-state index in [-0.39, 0.29) is 11.4 Å². The molecule has 0 radical (unpaired) electrons. The zero-order chi connectivity index (χ0) is 12.3. The summed E-state index contributed by atoms with van der Waals surface area (Å²) >= 11 is 0. The third-order valence-electron chi connectivity index (χ3n) is 2.99. The Balaban J connectivity index is 1.94. The van der Waals surface area contributed by atoms with Crippen LogP contribution in [0.1, 0.15) is 43.6 Å². The fraction of sp³-hybridized carbons (Fsp3) is 0.538. The van der Waals surface area contributed by atoms with Crippen LogP contribution in [0.25, 0.3) is 0 Å². The van der Waals surface area contributed by atoms with E-state index in [1.807, 2.05) is 6.07 Å². The fourth-order valence-electron chi connectivity index (χ4n) is 1.55. The second-order valence-electron chi connectivity index (χ2n) is 4.87. The zero-order valence-corrected chi connectivity index (χ0v) is 10.4. The Morgan fingerprint density at radius 2 is 2.24 bits per heavy atom. The summed E-state index contributed by atoms with van der Waals surface area (Å²) in [5, 5.41) is 6.21. The Morgan fingerprint density at radius 3 is 2.76 bits per heavy atom. The molecule has 1 aliphatic rings. The van der Waals surface area contributed by atoms with Crippen molar-refractivity contribution in [3.8, 4) is 0 Å². The van der Waals surface area contributed by atoms with Crippen molar-refractivity contribution in [3.63, 3.8) is 0 Å². The molecule has 0 bridgehead atoms. The predicted octanol–water partition coefficient (Wildman–Crippen LogP) is 2.19. The maximum atomic E-state index is 11.8. The molecule has 1 heterocycles. The maximum Gasteiger partial charge on any atom is 0.270 e. The van der Waals surface area contributed by atoms with Crippen LogP contribution in [0.4, 0.5) is 5.69 Å². The lowest BCUT2D eigenvalue weighted by Crippen LogP contribution is -2.34. The van der Waals surface area contributed by atoms with Crippen LogP contribution in [-0.4, -0.2) is 23.0 Å². The van der Waals surface area contributed by atoms with Gasteiger partial charge in [-0.25, -0.2) is 4.98 Å². The second-order valence-corrected chi connectivity index (χ2v) is 4.87. The van der Waals surface area contributed by atoms with E-state index in [0.717, 1.165) is 31.5 Å². The molecule has 0 unspecified atom stereocenters. The van der Waals surface area contributed by atoms with Crippen LogP contribution in [0.2, 0.25) is 0 Å². The summed E-state index contributed by atoms with van der Waals surface area (Å²) < 4.78 is 0. The second kappa shape index (κ2) is 4.73. The summed E-state index contributed by atoms with van der Waals surface area (Å²) in [4.78, 5) is 16.0. The van der Waals surface area contributed by atoms with E-state index in [4.69, 9.17) is 0 Å². The molecular formula is C13H19N3O. The van der Waals surface area contributed by atoms with E-state index in [0.29, 0.717) is 5.69 Å². The van der Waals surface area contributed by atoms with Gasteiger partial charge in [-0.05, 0) is 38.3 Å². The number of amides is 1. The highest BCUT2D eigenvalue weighted by Crippen LogP contribution is 2.34. The first-order chi connectivity index (χ1) is 8.13. The van der Waals surface area contributed by atoms with Crippen LogP contribution in [0.5, 0.6) is 0 Å².